The molecule has 142 valence electrons. The van der Waals surface area contributed by atoms with Crippen molar-refractivity contribution in [3.05, 3.63) is 64.0 Å². The van der Waals surface area contributed by atoms with Gasteiger partial charge in [-0.05, 0) is 42.3 Å². The van der Waals surface area contributed by atoms with E-state index in [1.807, 2.05) is 29.6 Å². The van der Waals surface area contributed by atoms with Crippen molar-refractivity contribution in [2.75, 3.05) is 18.9 Å². The zero-order valence-electron chi connectivity index (χ0n) is 15.1. The molecule has 3 aromatic rings. The van der Waals surface area contributed by atoms with E-state index in [1.165, 1.54) is 42.5 Å². The Balaban J connectivity index is 1.67. The molecule has 2 N–H and O–H groups in total. The number of hydrogen-bond donors (Lipinski definition) is 2. The molecule has 0 bridgehead atoms. The topological polar surface area (TPSA) is 80.7 Å². The lowest BCUT2D eigenvalue weighted by Gasteiger charge is -2.10. The van der Waals surface area contributed by atoms with E-state index in [0.717, 1.165) is 16.3 Å². The zero-order chi connectivity index (χ0) is 19.9. The number of thiazole rings is 1. The van der Waals surface area contributed by atoms with Crippen molar-refractivity contribution in [3.8, 4) is 23.3 Å². The Bertz CT molecular complexity index is 1050. The maximum atomic E-state index is 11.1. The summed E-state index contributed by atoms with van der Waals surface area (Å²) in [7, 11) is 3.11. The van der Waals surface area contributed by atoms with Crippen LogP contribution in [-0.2, 0) is 0 Å². The number of rotatable bonds is 6. The summed E-state index contributed by atoms with van der Waals surface area (Å²) in [4.78, 5) is 15.5. The maximum absolute atomic E-state index is 11.1. The van der Waals surface area contributed by atoms with Crippen LogP contribution in [-0.4, -0.2) is 30.3 Å². The third-order valence-electron chi connectivity index (χ3n) is 3.58. The summed E-state index contributed by atoms with van der Waals surface area (Å²) in [5, 5.41) is 12.4. The van der Waals surface area contributed by atoms with Crippen molar-refractivity contribution in [2.24, 2.45) is 0 Å². The maximum Gasteiger partial charge on any atom is 0.335 e. The Hall–Kier alpha value is -3.15. The van der Waals surface area contributed by atoms with Gasteiger partial charge in [-0.2, -0.15) is 0 Å². The van der Waals surface area contributed by atoms with Crippen molar-refractivity contribution < 1.29 is 19.4 Å². The second-order valence-corrected chi connectivity index (χ2v) is 7.08. The van der Waals surface area contributed by atoms with Crippen LogP contribution in [0.4, 0.5) is 5.69 Å². The number of ether oxygens (including phenoxy) is 2. The molecule has 8 heteroatoms. The smallest absolute Gasteiger partial charge is 0.335 e. The normalized spacial score (nSPS) is 9.93. The molecule has 1 heterocycles. The third kappa shape index (κ3) is 4.97. The number of aromatic carboxylic acids is 1. The minimum atomic E-state index is -1.00. The van der Waals surface area contributed by atoms with Crippen molar-refractivity contribution in [3.63, 3.8) is 0 Å². The van der Waals surface area contributed by atoms with E-state index >= 15 is 0 Å². The fraction of sp³-hybridized carbons (Fsp3) is 0.100. The van der Waals surface area contributed by atoms with E-state index in [-0.39, 0.29) is 5.56 Å². The highest BCUT2D eigenvalue weighted by Crippen LogP contribution is 2.30. The van der Waals surface area contributed by atoms with Gasteiger partial charge in [-0.25, -0.2) is 9.78 Å². The van der Waals surface area contributed by atoms with Gasteiger partial charge in [-0.3, -0.25) is 0 Å². The minimum absolute atomic E-state index is 0.163. The van der Waals surface area contributed by atoms with E-state index < -0.39 is 5.97 Å². The van der Waals surface area contributed by atoms with Crippen LogP contribution in [0, 0.1) is 11.8 Å². The zero-order valence-corrected chi connectivity index (χ0v) is 16.7. The van der Waals surface area contributed by atoms with E-state index in [4.69, 9.17) is 14.6 Å². The Morgan fingerprint density at radius 2 is 2.04 bits per heavy atom. The highest BCUT2D eigenvalue weighted by atomic mass is 32.2. The van der Waals surface area contributed by atoms with Gasteiger partial charge in [0.05, 0.1) is 25.5 Å². The van der Waals surface area contributed by atoms with Gasteiger partial charge in [0.15, 0.2) is 5.01 Å². The van der Waals surface area contributed by atoms with Crippen LogP contribution >= 0.6 is 23.3 Å². The number of nitrogens with one attached hydrogen (secondary N) is 1. The van der Waals surface area contributed by atoms with Gasteiger partial charge in [0, 0.05) is 22.9 Å². The highest BCUT2D eigenvalue weighted by Gasteiger charge is 2.10. The number of nitrogens with zero attached hydrogens (tertiary/aromatic N) is 1. The summed E-state index contributed by atoms with van der Waals surface area (Å²) >= 11 is 2.74. The van der Waals surface area contributed by atoms with Crippen LogP contribution in [0.1, 0.15) is 20.9 Å². The average molecular weight is 412 g/mol. The van der Waals surface area contributed by atoms with Gasteiger partial charge in [-0.15, -0.1) is 11.3 Å². The van der Waals surface area contributed by atoms with E-state index in [0.29, 0.717) is 16.4 Å². The average Bonchev–Trinajstić information content (AvgIpc) is 3.18. The minimum Gasteiger partial charge on any atom is -0.497 e. The molecular formula is C20H16N2O4S2. The lowest BCUT2D eigenvalue weighted by molar-refractivity contribution is 0.0696. The number of aromatic nitrogens is 1. The number of carbonyl (C=O) groups is 1. The molecule has 0 amide bonds. The van der Waals surface area contributed by atoms with Crippen molar-refractivity contribution >= 4 is 34.9 Å². The number of benzene rings is 2. The van der Waals surface area contributed by atoms with Gasteiger partial charge in [0.2, 0.25) is 0 Å². The van der Waals surface area contributed by atoms with E-state index in [1.54, 1.807) is 13.2 Å². The first-order valence-corrected chi connectivity index (χ1v) is 9.74. The summed E-state index contributed by atoms with van der Waals surface area (Å²) in [6.45, 7) is 0. The number of carboxylic acid groups (broad SMARTS) is 1. The standard InChI is InChI=1S/C20H16N2O4S2/c1-25-15-5-3-4-13(10-15)6-9-18-21-19(12-27-18)28-22-16-8-7-14(20(23)24)11-17(16)26-2/h3-5,7-8,10-12,22H,1-2H3,(H,23,24). The van der Waals surface area contributed by atoms with E-state index in [2.05, 4.69) is 21.5 Å². The molecule has 0 unspecified atom stereocenters. The van der Waals surface area contributed by atoms with Gasteiger partial charge < -0.3 is 19.3 Å². The Labute approximate surface area is 170 Å². The Morgan fingerprint density at radius 3 is 2.79 bits per heavy atom. The molecule has 1 aromatic heterocycles. The predicted molar refractivity (Wildman–Crippen MR) is 111 cm³/mol. The molecule has 0 aliphatic heterocycles. The molecule has 3 rings (SSSR count). The number of carboxylic acids is 1. The molecule has 0 saturated carbocycles. The van der Waals surface area contributed by atoms with Crippen LogP contribution in [0.15, 0.2) is 52.9 Å². The molecule has 6 nitrogen and oxygen atoms in total. The molecule has 0 saturated heterocycles. The van der Waals surface area contributed by atoms with E-state index in [9.17, 15) is 4.79 Å². The van der Waals surface area contributed by atoms with Crippen LogP contribution in [0.3, 0.4) is 0 Å². The lowest BCUT2D eigenvalue weighted by atomic mass is 10.2. The second kappa shape index (κ2) is 9.17. The third-order valence-corrected chi connectivity index (χ3v) is 5.23. The first-order chi connectivity index (χ1) is 13.6. The lowest BCUT2D eigenvalue weighted by Crippen LogP contribution is -1.99. The van der Waals surface area contributed by atoms with Crippen LogP contribution in [0.2, 0.25) is 0 Å². The summed E-state index contributed by atoms with van der Waals surface area (Å²) in [5.41, 5.74) is 1.68. The first-order valence-electron chi connectivity index (χ1n) is 8.05. The summed E-state index contributed by atoms with van der Waals surface area (Å²) < 4.78 is 13.6. The summed E-state index contributed by atoms with van der Waals surface area (Å²) in [6.07, 6.45) is 0. The number of anilines is 1. The largest absolute Gasteiger partial charge is 0.497 e. The van der Waals surface area contributed by atoms with Gasteiger partial charge in [-0.1, -0.05) is 12.0 Å². The van der Waals surface area contributed by atoms with Gasteiger partial charge in [0.1, 0.15) is 16.5 Å². The fourth-order valence-corrected chi connectivity index (χ4v) is 3.65. The Kier molecular flexibility index (Phi) is 6.42. The second-order valence-electron chi connectivity index (χ2n) is 5.40. The predicted octanol–water partition coefficient (Wildman–Crippen LogP) is 4.38. The molecule has 0 spiro atoms. The molecule has 0 aliphatic rings. The van der Waals surface area contributed by atoms with Crippen molar-refractivity contribution in [1.82, 2.24) is 4.98 Å². The first kappa shape index (κ1) is 19.6. The van der Waals surface area contributed by atoms with Crippen LogP contribution in [0.5, 0.6) is 11.5 Å². The van der Waals surface area contributed by atoms with Crippen molar-refractivity contribution in [1.29, 1.82) is 0 Å². The fourth-order valence-electron chi connectivity index (χ4n) is 2.21. The number of hydrogen-bond acceptors (Lipinski definition) is 7. The Morgan fingerprint density at radius 1 is 1.18 bits per heavy atom. The van der Waals surface area contributed by atoms with Gasteiger partial charge >= 0.3 is 5.97 Å². The van der Waals surface area contributed by atoms with Crippen LogP contribution < -0.4 is 14.2 Å². The molecule has 0 fully saturated rings. The van der Waals surface area contributed by atoms with Crippen LogP contribution in [0.25, 0.3) is 0 Å². The summed E-state index contributed by atoms with van der Waals surface area (Å²) in [6, 6.07) is 12.2. The van der Waals surface area contributed by atoms with Gasteiger partial charge in [0.25, 0.3) is 0 Å². The number of methoxy groups -OCH3 is 2. The summed E-state index contributed by atoms with van der Waals surface area (Å²) in [5.74, 6) is 6.31. The van der Waals surface area contributed by atoms with Crippen molar-refractivity contribution in [2.45, 2.75) is 5.03 Å². The molecule has 2 aromatic carbocycles. The SMILES string of the molecule is COc1cccc(C#Cc2nc(SNc3ccc(C(=O)O)cc3OC)cs2)c1. The monoisotopic (exact) mass is 412 g/mol. The molecule has 0 radical (unpaired) electrons. The quantitative estimate of drug-likeness (QED) is 0.459. The molecule has 28 heavy (non-hydrogen) atoms. The highest BCUT2D eigenvalue weighted by molar-refractivity contribution is 8.00. The molecule has 0 aliphatic carbocycles. The molecular weight excluding hydrogens is 396 g/mol. The molecule has 0 atom stereocenters.